The molecule has 2 heterocycles. The van der Waals surface area contributed by atoms with E-state index < -0.39 is 0 Å². The molecule has 0 N–H and O–H groups in total. The Kier molecular flexibility index (Phi) is 4.82. The third-order valence-corrected chi connectivity index (χ3v) is 3.76. The van der Waals surface area contributed by atoms with Gasteiger partial charge < -0.3 is 14.0 Å². The number of aryl methyl sites for hydroxylation is 1. The molecule has 1 aliphatic heterocycles. The van der Waals surface area contributed by atoms with Crippen molar-refractivity contribution in [2.75, 3.05) is 26.9 Å². The van der Waals surface area contributed by atoms with Gasteiger partial charge in [-0.1, -0.05) is 35.0 Å². The summed E-state index contributed by atoms with van der Waals surface area (Å²) < 4.78 is 15.8. The van der Waals surface area contributed by atoms with Crippen molar-refractivity contribution in [1.82, 2.24) is 15.0 Å². The first kappa shape index (κ1) is 15.1. The molecule has 1 aromatic carbocycles. The molecule has 0 bridgehead atoms. The van der Waals surface area contributed by atoms with Crippen LogP contribution in [0.25, 0.3) is 0 Å². The fraction of sp³-hybridized carbons (Fsp3) is 0.500. The van der Waals surface area contributed by atoms with Crippen LogP contribution in [0.4, 0.5) is 0 Å². The van der Waals surface area contributed by atoms with Gasteiger partial charge >= 0.3 is 0 Å². The first-order chi connectivity index (χ1) is 10.8. The zero-order chi connectivity index (χ0) is 15.4. The number of hydrogen-bond donors (Lipinski definition) is 0. The van der Waals surface area contributed by atoms with Gasteiger partial charge in [-0.05, 0) is 12.5 Å². The Labute approximate surface area is 130 Å². The monoisotopic (exact) mass is 303 g/mol. The molecule has 22 heavy (non-hydrogen) atoms. The van der Waals surface area contributed by atoms with Gasteiger partial charge in [0, 0.05) is 20.2 Å². The summed E-state index contributed by atoms with van der Waals surface area (Å²) in [7, 11) is 1.61. The molecule has 0 saturated carbocycles. The van der Waals surface area contributed by atoms with E-state index in [2.05, 4.69) is 46.2 Å². The van der Waals surface area contributed by atoms with Gasteiger partial charge in [0.1, 0.15) is 6.61 Å². The highest BCUT2D eigenvalue weighted by molar-refractivity contribution is 5.22. The third kappa shape index (κ3) is 3.52. The highest BCUT2D eigenvalue weighted by Crippen LogP contribution is 2.24. The predicted octanol–water partition coefficient (Wildman–Crippen LogP) is 2.10. The zero-order valence-electron chi connectivity index (χ0n) is 13.0. The molecule has 118 valence electrons. The molecule has 1 aromatic heterocycles. The summed E-state index contributed by atoms with van der Waals surface area (Å²) in [6.07, 6.45) is 0. The lowest BCUT2D eigenvalue weighted by molar-refractivity contribution is -0.0166. The summed E-state index contributed by atoms with van der Waals surface area (Å²) in [6, 6.07) is 8.57. The van der Waals surface area contributed by atoms with Gasteiger partial charge in [-0.2, -0.15) is 4.98 Å². The highest BCUT2D eigenvalue weighted by atomic mass is 16.5. The molecular weight excluding hydrogens is 282 g/mol. The molecule has 3 rings (SSSR count). The number of ether oxygens (including phenoxy) is 2. The predicted molar refractivity (Wildman–Crippen MR) is 80.2 cm³/mol. The SMILES string of the molecule is COCc1nc([C@H]2COCCN2Cc2cccc(C)c2)no1. The van der Waals surface area contributed by atoms with Crippen LogP contribution in [0.15, 0.2) is 28.8 Å². The van der Waals surface area contributed by atoms with Crippen LogP contribution in [0.3, 0.4) is 0 Å². The molecule has 1 atom stereocenters. The Hall–Kier alpha value is -1.76. The number of morpholine rings is 1. The molecule has 1 saturated heterocycles. The van der Waals surface area contributed by atoms with E-state index in [1.807, 2.05) is 0 Å². The first-order valence-corrected chi connectivity index (χ1v) is 7.45. The van der Waals surface area contributed by atoms with Crippen LogP contribution in [0.5, 0.6) is 0 Å². The van der Waals surface area contributed by atoms with Crippen LogP contribution in [-0.2, 0) is 22.6 Å². The fourth-order valence-corrected chi connectivity index (χ4v) is 2.70. The molecule has 0 spiro atoms. The number of benzene rings is 1. The second-order valence-electron chi connectivity index (χ2n) is 5.53. The van der Waals surface area contributed by atoms with Crippen molar-refractivity contribution < 1.29 is 14.0 Å². The normalized spacial score (nSPS) is 19.5. The summed E-state index contributed by atoms with van der Waals surface area (Å²) in [4.78, 5) is 6.74. The maximum absolute atomic E-state index is 5.60. The van der Waals surface area contributed by atoms with E-state index in [9.17, 15) is 0 Å². The standard InChI is InChI=1S/C16H21N3O3/c1-12-4-3-5-13(8-12)9-19-6-7-21-10-14(19)16-17-15(11-20-2)22-18-16/h3-5,8,14H,6-7,9-11H2,1-2H3/t14-/m1/s1. The van der Waals surface area contributed by atoms with E-state index in [0.29, 0.717) is 24.9 Å². The minimum Gasteiger partial charge on any atom is -0.378 e. The van der Waals surface area contributed by atoms with Crippen molar-refractivity contribution >= 4 is 0 Å². The Morgan fingerprint density at radius 1 is 1.41 bits per heavy atom. The summed E-state index contributed by atoms with van der Waals surface area (Å²) in [5, 5.41) is 4.08. The van der Waals surface area contributed by atoms with Gasteiger partial charge in [0.15, 0.2) is 5.82 Å². The van der Waals surface area contributed by atoms with Crippen LogP contribution in [0.1, 0.15) is 28.9 Å². The first-order valence-electron chi connectivity index (χ1n) is 7.45. The smallest absolute Gasteiger partial charge is 0.252 e. The average molecular weight is 303 g/mol. The van der Waals surface area contributed by atoms with Crippen LogP contribution in [0, 0.1) is 6.92 Å². The molecule has 1 fully saturated rings. The van der Waals surface area contributed by atoms with E-state index in [1.165, 1.54) is 11.1 Å². The molecule has 1 aliphatic rings. The van der Waals surface area contributed by atoms with E-state index in [0.717, 1.165) is 19.7 Å². The molecule has 0 aliphatic carbocycles. The van der Waals surface area contributed by atoms with Crippen LogP contribution in [0.2, 0.25) is 0 Å². The number of hydrogen-bond acceptors (Lipinski definition) is 6. The largest absolute Gasteiger partial charge is 0.378 e. The summed E-state index contributed by atoms with van der Waals surface area (Å²) in [6.45, 7) is 5.45. The second-order valence-corrected chi connectivity index (χ2v) is 5.53. The maximum atomic E-state index is 5.60. The van der Waals surface area contributed by atoms with Crippen molar-refractivity contribution in [1.29, 1.82) is 0 Å². The number of rotatable bonds is 5. The van der Waals surface area contributed by atoms with Crippen molar-refractivity contribution in [2.24, 2.45) is 0 Å². The van der Waals surface area contributed by atoms with Gasteiger partial charge in [-0.15, -0.1) is 0 Å². The minimum atomic E-state index is 0.0172. The van der Waals surface area contributed by atoms with E-state index in [1.54, 1.807) is 7.11 Å². The molecule has 0 amide bonds. The Bertz CT molecular complexity index is 614. The Morgan fingerprint density at radius 3 is 3.14 bits per heavy atom. The lowest BCUT2D eigenvalue weighted by Gasteiger charge is -2.33. The molecule has 0 radical (unpaired) electrons. The fourth-order valence-electron chi connectivity index (χ4n) is 2.70. The summed E-state index contributed by atoms with van der Waals surface area (Å²) in [5.74, 6) is 1.16. The summed E-state index contributed by atoms with van der Waals surface area (Å²) in [5.41, 5.74) is 2.55. The van der Waals surface area contributed by atoms with Gasteiger partial charge in [0.25, 0.3) is 5.89 Å². The number of aromatic nitrogens is 2. The molecule has 2 aromatic rings. The molecule has 6 nitrogen and oxygen atoms in total. The van der Waals surface area contributed by atoms with Gasteiger partial charge in [-0.25, -0.2) is 0 Å². The minimum absolute atomic E-state index is 0.0172. The molecule has 0 unspecified atom stereocenters. The van der Waals surface area contributed by atoms with Crippen LogP contribution >= 0.6 is 0 Å². The van der Waals surface area contributed by atoms with Gasteiger partial charge in [-0.3, -0.25) is 4.90 Å². The lowest BCUT2D eigenvalue weighted by atomic mass is 10.1. The molecule has 6 heteroatoms. The third-order valence-electron chi connectivity index (χ3n) is 3.76. The number of nitrogens with zero attached hydrogens (tertiary/aromatic N) is 3. The van der Waals surface area contributed by atoms with Crippen molar-refractivity contribution in [2.45, 2.75) is 26.1 Å². The van der Waals surface area contributed by atoms with Gasteiger partial charge in [0.05, 0.1) is 19.3 Å². The van der Waals surface area contributed by atoms with Crippen molar-refractivity contribution in [3.63, 3.8) is 0 Å². The van der Waals surface area contributed by atoms with E-state index >= 15 is 0 Å². The van der Waals surface area contributed by atoms with Gasteiger partial charge in [0.2, 0.25) is 0 Å². The quantitative estimate of drug-likeness (QED) is 0.843. The van der Waals surface area contributed by atoms with Crippen molar-refractivity contribution in [3.8, 4) is 0 Å². The Balaban J connectivity index is 1.75. The topological polar surface area (TPSA) is 60.6 Å². The Morgan fingerprint density at radius 2 is 2.32 bits per heavy atom. The zero-order valence-corrected chi connectivity index (χ0v) is 13.0. The van der Waals surface area contributed by atoms with E-state index in [-0.39, 0.29) is 6.04 Å². The lowest BCUT2D eigenvalue weighted by Crippen LogP contribution is -2.39. The van der Waals surface area contributed by atoms with Crippen LogP contribution < -0.4 is 0 Å². The van der Waals surface area contributed by atoms with E-state index in [4.69, 9.17) is 14.0 Å². The summed E-state index contributed by atoms with van der Waals surface area (Å²) >= 11 is 0. The van der Waals surface area contributed by atoms with Crippen LogP contribution in [-0.4, -0.2) is 41.9 Å². The molecular formula is C16H21N3O3. The number of methoxy groups -OCH3 is 1. The maximum Gasteiger partial charge on any atom is 0.252 e. The average Bonchev–Trinajstić information content (AvgIpc) is 2.97. The van der Waals surface area contributed by atoms with Crippen molar-refractivity contribution in [3.05, 3.63) is 47.1 Å². The highest BCUT2D eigenvalue weighted by Gasteiger charge is 2.28. The second kappa shape index (κ2) is 7.00.